The normalized spacial score (nSPS) is 15.3. The lowest BCUT2D eigenvalue weighted by Gasteiger charge is -2.15. The second kappa shape index (κ2) is 10.3. The van der Waals surface area contributed by atoms with E-state index in [1.165, 1.54) is 22.7 Å². The van der Waals surface area contributed by atoms with Crippen LogP contribution in [0.2, 0.25) is 0 Å². The van der Waals surface area contributed by atoms with E-state index in [9.17, 15) is 19.5 Å². The number of nitrogens with zero attached hydrogens (tertiary/aromatic N) is 1. The predicted octanol–water partition coefficient (Wildman–Crippen LogP) is 3.63. The maximum absolute atomic E-state index is 12.7. The molecule has 2 amide bonds. The zero-order valence-corrected chi connectivity index (χ0v) is 18.7. The molecule has 7 nitrogen and oxygen atoms in total. The zero-order valence-electron chi connectivity index (χ0n) is 17.0. The molecular formula is C23H19N2O5S2-. The Kier molecular flexibility index (Phi) is 7.45. The van der Waals surface area contributed by atoms with Crippen LogP contribution in [0.3, 0.4) is 0 Å². The van der Waals surface area contributed by atoms with Gasteiger partial charge >= 0.3 is 5.97 Å². The maximum atomic E-state index is 12.7. The van der Waals surface area contributed by atoms with E-state index in [4.69, 9.17) is 17.3 Å². The molecule has 2 N–H and O–H groups in total. The maximum Gasteiger partial charge on any atom is 0.335 e. The molecule has 0 saturated carbocycles. The fourth-order valence-corrected chi connectivity index (χ4v) is 4.32. The van der Waals surface area contributed by atoms with Crippen molar-refractivity contribution in [2.75, 3.05) is 11.9 Å². The fourth-order valence-electron chi connectivity index (χ4n) is 2.97. The number of carbonyl (C=O) groups excluding carboxylic acids is 2. The number of carboxylic acid groups (broad SMARTS) is 1. The molecule has 1 heterocycles. The van der Waals surface area contributed by atoms with Crippen LogP contribution in [0, 0.1) is 0 Å². The van der Waals surface area contributed by atoms with Crippen LogP contribution in [0.15, 0.2) is 65.1 Å². The lowest BCUT2D eigenvalue weighted by molar-refractivity contribution is -0.268. The Morgan fingerprint density at radius 3 is 2.62 bits per heavy atom. The van der Waals surface area contributed by atoms with E-state index < -0.39 is 23.2 Å². The Morgan fingerprint density at radius 2 is 1.94 bits per heavy atom. The first-order valence-corrected chi connectivity index (χ1v) is 10.8. The minimum atomic E-state index is -1.37. The molecule has 0 aromatic heterocycles. The van der Waals surface area contributed by atoms with Crippen LogP contribution >= 0.6 is 24.0 Å². The molecule has 0 aliphatic carbocycles. The quantitative estimate of drug-likeness (QED) is 0.473. The number of amides is 2. The van der Waals surface area contributed by atoms with Crippen LogP contribution < -0.4 is 10.4 Å². The molecule has 32 heavy (non-hydrogen) atoms. The molecule has 9 heteroatoms. The van der Waals surface area contributed by atoms with Crippen molar-refractivity contribution < 1.29 is 24.6 Å². The van der Waals surface area contributed by atoms with Crippen LogP contribution in [0.25, 0.3) is 6.08 Å². The van der Waals surface area contributed by atoms with Crippen LogP contribution in [-0.4, -0.2) is 38.7 Å². The molecule has 1 saturated heterocycles. The SMILES string of the molecule is CC(=Cc1ccccc1)C=C1SC(=S)N(CCC(=O)Nc2ccc([O-])c(C(=O)O)c2)C1=O. The number of thioether (sulfide) groups is 1. The summed E-state index contributed by atoms with van der Waals surface area (Å²) in [5.41, 5.74) is 1.68. The van der Waals surface area contributed by atoms with Crippen LogP contribution in [0.1, 0.15) is 29.3 Å². The molecule has 2 aromatic carbocycles. The number of carboxylic acids is 1. The summed E-state index contributed by atoms with van der Waals surface area (Å²) in [4.78, 5) is 37.9. The smallest absolute Gasteiger partial charge is 0.335 e. The average molecular weight is 468 g/mol. The first-order chi connectivity index (χ1) is 15.2. The number of hydrogen-bond acceptors (Lipinski definition) is 6. The van der Waals surface area contributed by atoms with Gasteiger partial charge in [0.15, 0.2) is 0 Å². The number of benzene rings is 2. The monoisotopic (exact) mass is 467 g/mol. The number of thiocarbonyl (C=S) groups is 1. The van der Waals surface area contributed by atoms with Crippen molar-refractivity contribution in [3.05, 3.63) is 76.2 Å². The number of nitrogens with one attached hydrogen (secondary N) is 1. The number of aromatic carboxylic acids is 1. The van der Waals surface area contributed by atoms with Gasteiger partial charge in [0.05, 0.1) is 10.5 Å². The second-order valence-corrected chi connectivity index (χ2v) is 8.62. The van der Waals surface area contributed by atoms with Gasteiger partial charge in [-0.1, -0.05) is 72.2 Å². The minimum Gasteiger partial charge on any atom is -0.872 e. The van der Waals surface area contributed by atoms with Crippen molar-refractivity contribution >= 4 is 57.8 Å². The van der Waals surface area contributed by atoms with E-state index >= 15 is 0 Å². The van der Waals surface area contributed by atoms with Gasteiger partial charge in [0.1, 0.15) is 4.32 Å². The molecule has 1 fully saturated rings. The van der Waals surface area contributed by atoms with Gasteiger partial charge in [0.25, 0.3) is 5.91 Å². The van der Waals surface area contributed by atoms with E-state index in [-0.39, 0.29) is 24.6 Å². The lowest BCUT2D eigenvalue weighted by Crippen LogP contribution is -2.31. The number of anilines is 1. The molecule has 1 aliphatic rings. The first-order valence-electron chi connectivity index (χ1n) is 9.57. The van der Waals surface area contributed by atoms with Crippen molar-refractivity contribution in [3.63, 3.8) is 0 Å². The highest BCUT2D eigenvalue weighted by atomic mass is 32.2. The van der Waals surface area contributed by atoms with E-state index in [1.807, 2.05) is 43.3 Å². The molecule has 3 rings (SSSR count). The van der Waals surface area contributed by atoms with E-state index in [1.54, 1.807) is 6.08 Å². The Morgan fingerprint density at radius 1 is 1.22 bits per heavy atom. The molecule has 2 aromatic rings. The highest BCUT2D eigenvalue weighted by Gasteiger charge is 2.32. The second-order valence-electron chi connectivity index (χ2n) is 6.95. The van der Waals surface area contributed by atoms with E-state index in [0.29, 0.717) is 9.23 Å². The summed E-state index contributed by atoms with van der Waals surface area (Å²) in [7, 11) is 0. The van der Waals surface area contributed by atoms with E-state index in [0.717, 1.165) is 23.3 Å². The van der Waals surface area contributed by atoms with Crippen LogP contribution in [-0.2, 0) is 9.59 Å². The first kappa shape index (κ1) is 23.2. The Balaban J connectivity index is 1.61. The zero-order chi connectivity index (χ0) is 23.3. The van der Waals surface area contributed by atoms with Crippen molar-refractivity contribution in [2.45, 2.75) is 13.3 Å². The van der Waals surface area contributed by atoms with Gasteiger partial charge in [0, 0.05) is 18.7 Å². The summed E-state index contributed by atoms with van der Waals surface area (Å²) in [5, 5.41) is 23.1. The van der Waals surface area contributed by atoms with Gasteiger partial charge in [-0.25, -0.2) is 4.79 Å². The Hall–Kier alpha value is -3.43. The summed E-state index contributed by atoms with van der Waals surface area (Å²) in [6.45, 7) is 1.98. The molecule has 0 radical (unpaired) electrons. The number of hydrogen-bond donors (Lipinski definition) is 2. The standard InChI is InChI=1S/C23H20N2O5S2/c1-14(11-15-5-3-2-4-6-15)12-19-21(28)25(23(31)32-19)10-9-20(27)24-16-7-8-18(26)17(13-16)22(29)30/h2-8,11-13,26H,9-10H2,1H3,(H,24,27)(H,29,30)/p-1. The summed E-state index contributed by atoms with van der Waals surface area (Å²) >= 11 is 6.47. The van der Waals surface area contributed by atoms with Gasteiger partial charge in [-0.05, 0) is 36.3 Å². The minimum absolute atomic E-state index is 0.0416. The van der Waals surface area contributed by atoms with Crippen molar-refractivity contribution in [3.8, 4) is 5.75 Å². The number of rotatable bonds is 7. The Bertz CT molecular complexity index is 1140. The highest BCUT2D eigenvalue weighted by molar-refractivity contribution is 8.26. The summed E-state index contributed by atoms with van der Waals surface area (Å²) in [5.74, 6) is -2.71. The molecule has 0 spiro atoms. The third kappa shape index (κ3) is 5.83. The molecule has 0 unspecified atom stereocenters. The average Bonchev–Trinajstić information content (AvgIpc) is 3.00. The van der Waals surface area contributed by atoms with Crippen LogP contribution in [0.5, 0.6) is 5.75 Å². The van der Waals surface area contributed by atoms with Gasteiger partial charge in [-0.15, -0.1) is 0 Å². The fraction of sp³-hybridized carbons (Fsp3) is 0.130. The third-order valence-electron chi connectivity index (χ3n) is 4.48. The van der Waals surface area contributed by atoms with Crippen molar-refractivity contribution in [2.24, 2.45) is 0 Å². The van der Waals surface area contributed by atoms with Crippen molar-refractivity contribution in [1.82, 2.24) is 4.90 Å². The third-order valence-corrected chi connectivity index (χ3v) is 5.86. The predicted molar refractivity (Wildman–Crippen MR) is 126 cm³/mol. The molecule has 164 valence electrons. The molecule has 0 atom stereocenters. The van der Waals surface area contributed by atoms with Crippen molar-refractivity contribution in [1.29, 1.82) is 0 Å². The van der Waals surface area contributed by atoms with E-state index in [2.05, 4.69) is 5.32 Å². The largest absolute Gasteiger partial charge is 0.872 e. The number of carbonyl (C=O) groups is 3. The highest BCUT2D eigenvalue weighted by Crippen LogP contribution is 2.32. The summed E-state index contributed by atoms with van der Waals surface area (Å²) in [6.07, 6.45) is 3.68. The molecule has 1 aliphatic heterocycles. The van der Waals surface area contributed by atoms with Gasteiger partial charge in [-0.2, -0.15) is 0 Å². The summed E-state index contributed by atoms with van der Waals surface area (Å²) in [6, 6.07) is 13.2. The summed E-state index contributed by atoms with van der Waals surface area (Å²) < 4.78 is 0.366. The number of allylic oxidation sites excluding steroid dienone is 2. The molecular weight excluding hydrogens is 448 g/mol. The Labute approximate surface area is 194 Å². The topological polar surface area (TPSA) is 110 Å². The van der Waals surface area contributed by atoms with Gasteiger partial charge in [-0.3, -0.25) is 14.5 Å². The van der Waals surface area contributed by atoms with Crippen LogP contribution in [0.4, 0.5) is 5.69 Å². The lowest BCUT2D eigenvalue weighted by atomic mass is 10.1. The molecule has 0 bridgehead atoms. The van der Waals surface area contributed by atoms with Gasteiger partial charge in [0.2, 0.25) is 5.91 Å². The van der Waals surface area contributed by atoms with Gasteiger partial charge < -0.3 is 15.5 Å².